The van der Waals surface area contributed by atoms with Crippen LogP contribution < -0.4 is 0 Å². The summed E-state index contributed by atoms with van der Waals surface area (Å²) in [5.74, 6) is 0. The van der Waals surface area contributed by atoms with Gasteiger partial charge in [0, 0.05) is 16.5 Å². The SMILES string of the molecule is C1=C/CC/C=C/CC/C=C/CC/1.[Ni]. The Labute approximate surface area is 91.7 Å². The standard InChI is InChI=1S/C12H18.Ni/c1-2-4-6-8-10-12-11-9-7-5-3-1;/h1-2,7-10H,3-6,11-12H2;/b2-1+,9-7+,10-8+;. The molecule has 0 saturated heterocycles. The molecule has 0 aromatic heterocycles. The third-order valence-electron chi connectivity index (χ3n) is 2.00. The maximum atomic E-state index is 2.29. The summed E-state index contributed by atoms with van der Waals surface area (Å²) in [6, 6.07) is 0. The fourth-order valence-corrected chi connectivity index (χ4v) is 1.28. The van der Waals surface area contributed by atoms with E-state index in [1.165, 1.54) is 38.5 Å². The van der Waals surface area contributed by atoms with Gasteiger partial charge in [0.05, 0.1) is 0 Å². The van der Waals surface area contributed by atoms with Gasteiger partial charge in [0.2, 0.25) is 0 Å². The monoisotopic (exact) mass is 220 g/mol. The molecule has 0 aromatic carbocycles. The van der Waals surface area contributed by atoms with Crippen molar-refractivity contribution in [1.82, 2.24) is 0 Å². The van der Waals surface area contributed by atoms with Crippen molar-refractivity contribution in [1.29, 1.82) is 0 Å². The number of rotatable bonds is 0. The van der Waals surface area contributed by atoms with E-state index >= 15 is 0 Å². The van der Waals surface area contributed by atoms with E-state index in [1.54, 1.807) is 0 Å². The zero-order chi connectivity index (χ0) is 8.49. The third-order valence-corrected chi connectivity index (χ3v) is 2.00. The first-order valence-corrected chi connectivity index (χ1v) is 4.95. The molecular weight excluding hydrogens is 203 g/mol. The summed E-state index contributed by atoms with van der Waals surface area (Å²) in [6.07, 6.45) is 21.0. The summed E-state index contributed by atoms with van der Waals surface area (Å²) < 4.78 is 0. The molecule has 0 saturated carbocycles. The molecule has 0 atom stereocenters. The first kappa shape index (κ1) is 12.7. The van der Waals surface area contributed by atoms with Crippen LogP contribution in [0.4, 0.5) is 0 Å². The summed E-state index contributed by atoms with van der Waals surface area (Å²) in [6.45, 7) is 0. The molecule has 1 aliphatic carbocycles. The van der Waals surface area contributed by atoms with E-state index in [4.69, 9.17) is 0 Å². The molecule has 0 amide bonds. The van der Waals surface area contributed by atoms with Gasteiger partial charge in [0.15, 0.2) is 0 Å². The minimum atomic E-state index is 0. The molecule has 0 fully saturated rings. The van der Waals surface area contributed by atoms with Crippen molar-refractivity contribution in [2.45, 2.75) is 38.5 Å². The Bertz CT molecular complexity index is 126. The summed E-state index contributed by atoms with van der Waals surface area (Å²) in [7, 11) is 0. The van der Waals surface area contributed by atoms with Crippen LogP contribution in [-0.2, 0) is 16.5 Å². The van der Waals surface area contributed by atoms with E-state index in [9.17, 15) is 0 Å². The van der Waals surface area contributed by atoms with Gasteiger partial charge >= 0.3 is 0 Å². The normalized spacial score (nSPS) is 25.8. The Morgan fingerprint density at radius 1 is 0.385 bits per heavy atom. The molecular formula is C12H18Ni. The Kier molecular flexibility index (Phi) is 9.58. The molecule has 1 heteroatoms. The minimum Gasteiger partial charge on any atom is -0.0882 e. The molecule has 1 aliphatic rings. The van der Waals surface area contributed by atoms with E-state index < -0.39 is 0 Å². The van der Waals surface area contributed by atoms with Crippen molar-refractivity contribution < 1.29 is 16.5 Å². The van der Waals surface area contributed by atoms with Gasteiger partial charge < -0.3 is 0 Å². The minimum absolute atomic E-state index is 0. The van der Waals surface area contributed by atoms with Crippen molar-refractivity contribution in [3.8, 4) is 0 Å². The van der Waals surface area contributed by atoms with Crippen molar-refractivity contribution in [2.75, 3.05) is 0 Å². The molecule has 0 unspecified atom stereocenters. The maximum Gasteiger partial charge on any atom is 0 e. The average Bonchev–Trinajstić information content (AvgIpc) is 2.05. The Morgan fingerprint density at radius 2 is 0.538 bits per heavy atom. The third kappa shape index (κ3) is 8.05. The van der Waals surface area contributed by atoms with Crippen LogP contribution in [0.5, 0.6) is 0 Å². The van der Waals surface area contributed by atoms with Crippen LogP contribution in [0.3, 0.4) is 0 Å². The summed E-state index contributed by atoms with van der Waals surface area (Å²) in [5.41, 5.74) is 0. The Balaban J connectivity index is 0.00000144. The topological polar surface area (TPSA) is 0 Å². The molecule has 0 radical (unpaired) electrons. The predicted molar refractivity (Wildman–Crippen MR) is 55.1 cm³/mol. The van der Waals surface area contributed by atoms with Gasteiger partial charge in [-0.1, -0.05) is 36.5 Å². The summed E-state index contributed by atoms with van der Waals surface area (Å²) in [5, 5.41) is 0. The van der Waals surface area contributed by atoms with Crippen LogP contribution >= 0.6 is 0 Å². The fourth-order valence-electron chi connectivity index (χ4n) is 1.28. The van der Waals surface area contributed by atoms with Crippen LogP contribution in [0.1, 0.15) is 38.5 Å². The second-order valence-corrected chi connectivity index (χ2v) is 3.15. The molecule has 0 N–H and O–H groups in total. The van der Waals surface area contributed by atoms with E-state index in [1.807, 2.05) is 0 Å². The smallest absolute Gasteiger partial charge is 0 e. The van der Waals surface area contributed by atoms with Gasteiger partial charge in [-0.3, -0.25) is 0 Å². The molecule has 0 nitrogen and oxygen atoms in total. The van der Waals surface area contributed by atoms with Crippen LogP contribution in [0.2, 0.25) is 0 Å². The van der Waals surface area contributed by atoms with Gasteiger partial charge in [0.1, 0.15) is 0 Å². The van der Waals surface area contributed by atoms with Crippen LogP contribution in [0, 0.1) is 0 Å². The van der Waals surface area contributed by atoms with Gasteiger partial charge in [-0.25, -0.2) is 0 Å². The van der Waals surface area contributed by atoms with Gasteiger partial charge in [0.25, 0.3) is 0 Å². The van der Waals surface area contributed by atoms with Crippen molar-refractivity contribution >= 4 is 0 Å². The average molecular weight is 221 g/mol. The fraction of sp³-hybridized carbons (Fsp3) is 0.500. The van der Waals surface area contributed by atoms with Crippen molar-refractivity contribution in [2.24, 2.45) is 0 Å². The number of allylic oxidation sites excluding steroid dienone is 6. The van der Waals surface area contributed by atoms with Gasteiger partial charge in [-0.2, -0.15) is 0 Å². The zero-order valence-corrected chi connectivity index (χ0v) is 9.01. The molecule has 0 spiro atoms. The van der Waals surface area contributed by atoms with E-state index in [-0.39, 0.29) is 16.5 Å². The molecule has 0 bridgehead atoms. The molecule has 0 heterocycles. The largest absolute Gasteiger partial charge is 0.0882 e. The zero-order valence-electron chi connectivity index (χ0n) is 8.02. The maximum absolute atomic E-state index is 2.29. The second kappa shape index (κ2) is 9.80. The van der Waals surface area contributed by atoms with E-state index in [0.717, 1.165) is 0 Å². The Hall–Kier alpha value is -0.286. The molecule has 0 aromatic rings. The molecule has 0 aliphatic heterocycles. The second-order valence-electron chi connectivity index (χ2n) is 3.15. The van der Waals surface area contributed by atoms with E-state index in [2.05, 4.69) is 36.5 Å². The quantitative estimate of drug-likeness (QED) is 0.428. The first-order chi connectivity index (χ1) is 6.00. The van der Waals surface area contributed by atoms with Gasteiger partial charge in [-0.15, -0.1) is 0 Å². The number of hydrogen-bond acceptors (Lipinski definition) is 0. The van der Waals surface area contributed by atoms with Crippen molar-refractivity contribution in [3.05, 3.63) is 36.5 Å². The summed E-state index contributed by atoms with van der Waals surface area (Å²) in [4.78, 5) is 0. The first-order valence-electron chi connectivity index (χ1n) is 4.95. The van der Waals surface area contributed by atoms with Crippen LogP contribution in [0.25, 0.3) is 0 Å². The summed E-state index contributed by atoms with van der Waals surface area (Å²) >= 11 is 0. The van der Waals surface area contributed by atoms with E-state index in [0.29, 0.717) is 0 Å². The molecule has 1 rings (SSSR count). The van der Waals surface area contributed by atoms with Crippen LogP contribution in [-0.4, -0.2) is 0 Å². The number of hydrogen-bond donors (Lipinski definition) is 0. The Morgan fingerprint density at radius 3 is 0.692 bits per heavy atom. The molecule has 76 valence electrons. The van der Waals surface area contributed by atoms with Crippen molar-refractivity contribution in [3.63, 3.8) is 0 Å². The predicted octanol–water partition coefficient (Wildman–Crippen LogP) is 4.01. The molecule has 13 heavy (non-hydrogen) atoms. The van der Waals surface area contributed by atoms with Gasteiger partial charge in [-0.05, 0) is 38.5 Å². The van der Waals surface area contributed by atoms with Crippen LogP contribution in [0.15, 0.2) is 36.5 Å².